The number of carbonyl (C=O) groups excluding carboxylic acids is 2. The van der Waals surface area contributed by atoms with E-state index < -0.39 is 5.91 Å². The van der Waals surface area contributed by atoms with E-state index >= 15 is 0 Å². The van der Waals surface area contributed by atoms with Crippen molar-refractivity contribution < 1.29 is 9.59 Å². The maximum Gasteiger partial charge on any atom is 0.248 e. The monoisotopic (exact) mass is 345 g/mol. The number of likely N-dealkylation sites (N-methyl/N-ethyl adjacent to an activating group) is 1. The molecule has 2 aromatic carbocycles. The molecule has 1 unspecified atom stereocenters. The van der Waals surface area contributed by atoms with Gasteiger partial charge in [-0.2, -0.15) is 0 Å². The van der Waals surface area contributed by atoms with Crippen molar-refractivity contribution in [2.75, 3.05) is 12.4 Å². The SMILES string of the molecule is CC(C(=O)Nc1ccc(C(N)=O)cc1)N(C)Cc1cccc(Cl)c1. The fourth-order valence-corrected chi connectivity index (χ4v) is 2.44. The van der Waals surface area contributed by atoms with Crippen molar-refractivity contribution in [2.45, 2.75) is 19.5 Å². The van der Waals surface area contributed by atoms with Crippen molar-refractivity contribution in [3.05, 3.63) is 64.7 Å². The summed E-state index contributed by atoms with van der Waals surface area (Å²) in [5.41, 5.74) is 7.25. The second kappa shape index (κ2) is 7.95. The Morgan fingerprint density at radius 3 is 2.46 bits per heavy atom. The van der Waals surface area contributed by atoms with Crippen LogP contribution >= 0.6 is 11.6 Å². The Labute approximate surface area is 146 Å². The van der Waals surface area contributed by atoms with Crippen LogP contribution in [0.4, 0.5) is 5.69 Å². The summed E-state index contributed by atoms with van der Waals surface area (Å²) in [4.78, 5) is 25.3. The normalized spacial score (nSPS) is 12.0. The Bertz CT molecular complexity index is 731. The molecule has 1 atom stereocenters. The fraction of sp³-hybridized carbons (Fsp3) is 0.222. The molecular formula is C18H20ClN3O2. The van der Waals surface area contributed by atoms with Gasteiger partial charge >= 0.3 is 0 Å². The van der Waals surface area contributed by atoms with E-state index in [2.05, 4.69) is 5.32 Å². The average molecular weight is 346 g/mol. The van der Waals surface area contributed by atoms with Gasteiger partial charge in [-0.15, -0.1) is 0 Å². The van der Waals surface area contributed by atoms with Crippen molar-refractivity contribution >= 4 is 29.1 Å². The van der Waals surface area contributed by atoms with Gasteiger partial charge in [0.25, 0.3) is 0 Å². The van der Waals surface area contributed by atoms with Gasteiger partial charge in [0.05, 0.1) is 6.04 Å². The van der Waals surface area contributed by atoms with E-state index in [0.717, 1.165) is 5.56 Å². The van der Waals surface area contributed by atoms with Gasteiger partial charge in [0.2, 0.25) is 11.8 Å². The van der Waals surface area contributed by atoms with Crippen LogP contribution in [0.3, 0.4) is 0 Å². The van der Waals surface area contributed by atoms with E-state index in [-0.39, 0.29) is 11.9 Å². The molecule has 2 aromatic rings. The van der Waals surface area contributed by atoms with E-state index in [1.54, 1.807) is 24.3 Å². The first kappa shape index (κ1) is 18.0. The van der Waals surface area contributed by atoms with Crippen LogP contribution in [0.15, 0.2) is 48.5 Å². The van der Waals surface area contributed by atoms with Gasteiger partial charge in [0.15, 0.2) is 0 Å². The molecule has 2 rings (SSSR count). The van der Waals surface area contributed by atoms with Crippen LogP contribution < -0.4 is 11.1 Å². The van der Waals surface area contributed by atoms with Crippen LogP contribution in [0.5, 0.6) is 0 Å². The predicted molar refractivity (Wildman–Crippen MR) is 96.0 cm³/mol. The highest BCUT2D eigenvalue weighted by atomic mass is 35.5. The number of nitrogens with zero attached hydrogens (tertiary/aromatic N) is 1. The van der Waals surface area contributed by atoms with Crippen LogP contribution in [0.25, 0.3) is 0 Å². The number of rotatable bonds is 6. The highest BCUT2D eigenvalue weighted by Gasteiger charge is 2.18. The molecule has 0 saturated carbocycles. The van der Waals surface area contributed by atoms with Gasteiger partial charge in [-0.1, -0.05) is 23.7 Å². The molecule has 0 radical (unpaired) electrons. The zero-order valence-corrected chi connectivity index (χ0v) is 14.4. The highest BCUT2D eigenvalue weighted by Crippen LogP contribution is 2.14. The zero-order chi connectivity index (χ0) is 17.7. The lowest BCUT2D eigenvalue weighted by Gasteiger charge is -2.24. The number of hydrogen-bond acceptors (Lipinski definition) is 3. The molecule has 0 aliphatic carbocycles. The summed E-state index contributed by atoms with van der Waals surface area (Å²) in [7, 11) is 1.88. The first-order valence-electron chi connectivity index (χ1n) is 7.52. The first-order chi connectivity index (χ1) is 11.4. The standard InChI is InChI=1S/C18H20ClN3O2/c1-12(22(2)11-13-4-3-5-15(19)10-13)18(24)21-16-8-6-14(7-9-16)17(20)23/h3-10,12H,11H2,1-2H3,(H2,20,23)(H,21,24). The van der Waals surface area contributed by atoms with Crippen LogP contribution in [0.2, 0.25) is 5.02 Å². The number of carbonyl (C=O) groups is 2. The summed E-state index contributed by atoms with van der Waals surface area (Å²) >= 11 is 5.98. The summed E-state index contributed by atoms with van der Waals surface area (Å²) < 4.78 is 0. The average Bonchev–Trinajstić information content (AvgIpc) is 2.54. The number of nitrogens with two attached hydrogens (primary N) is 1. The molecule has 0 aromatic heterocycles. The number of nitrogens with one attached hydrogen (secondary N) is 1. The molecule has 24 heavy (non-hydrogen) atoms. The summed E-state index contributed by atoms with van der Waals surface area (Å²) in [6.45, 7) is 2.44. The minimum Gasteiger partial charge on any atom is -0.366 e. The number of amides is 2. The topological polar surface area (TPSA) is 75.4 Å². The minimum atomic E-state index is -0.498. The summed E-state index contributed by atoms with van der Waals surface area (Å²) in [6, 6.07) is 13.7. The second-order valence-electron chi connectivity index (χ2n) is 5.65. The van der Waals surface area contributed by atoms with Crippen molar-refractivity contribution in [2.24, 2.45) is 5.73 Å². The van der Waals surface area contributed by atoms with Gasteiger partial charge in [0, 0.05) is 22.8 Å². The molecule has 0 saturated heterocycles. The van der Waals surface area contributed by atoms with Gasteiger partial charge in [-0.05, 0) is 55.9 Å². The lowest BCUT2D eigenvalue weighted by Crippen LogP contribution is -2.39. The molecule has 0 aliphatic rings. The van der Waals surface area contributed by atoms with E-state index in [4.69, 9.17) is 17.3 Å². The van der Waals surface area contributed by atoms with E-state index in [0.29, 0.717) is 22.8 Å². The number of anilines is 1. The quantitative estimate of drug-likeness (QED) is 0.845. The fourth-order valence-electron chi connectivity index (χ4n) is 2.22. The number of benzene rings is 2. The third-order valence-electron chi connectivity index (χ3n) is 3.80. The van der Waals surface area contributed by atoms with Gasteiger partial charge in [-0.3, -0.25) is 14.5 Å². The Hall–Kier alpha value is -2.37. The maximum absolute atomic E-state index is 12.4. The lowest BCUT2D eigenvalue weighted by molar-refractivity contribution is -0.120. The maximum atomic E-state index is 12.4. The third-order valence-corrected chi connectivity index (χ3v) is 4.03. The molecule has 2 amide bonds. The van der Waals surface area contributed by atoms with Crippen LogP contribution in [0, 0.1) is 0 Å². The van der Waals surface area contributed by atoms with Crippen molar-refractivity contribution in [3.8, 4) is 0 Å². The van der Waals surface area contributed by atoms with Crippen molar-refractivity contribution in [3.63, 3.8) is 0 Å². The molecule has 3 N–H and O–H groups in total. The predicted octanol–water partition coefficient (Wildman–Crippen LogP) is 2.90. The number of halogens is 1. The molecule has 0 aliphatic heterocycles. The van der Waals surface area contributed by atoms with Crippen LogP contribution in [0.1, 0.15) is 22.8 Å². The zero-order valence-electron chi connectivity index (χ0n) is 13.6. The Kier molecular flexibility index (Phi) is 5.95. The summed E-state index contributed by atoms with van der Waals surface area (Å²) in [5.74, 6) is -0.631. The largest absolute Gasteiger partial charge is 0.366 e. The third kappa shape index (κ3) is 4.81. The Morgan fingerprint density at radius 2 is 1.88 bits per heavy atom. The minimum absolute atomic E-state index is 0.133. The van der Waals surface area contributed by atoms with Gasteiger partial charge in [-0.25, -0.2) is 0 Å². The van der Waals surface area contributed by atoms with Crippen LogP contribution in [-0.2, 0) is 11.3 Å². The molecule has 5 nitrogen and oxygen atoms in total. The molecule has 0 heterocycles. The highest BCUT2D eigenvalue weighted by molar-refractivity contribution is 6.30. The van der Waals surface area contributed by atoms with E-state index in [1.807, 2.05) is 43.1 Å². The number of hydrogen-bond donors (Lipinski definition) is 2. The van der Waals surface area contributed by atoms with E-state index in [1.165, 1.54) is 0 Å². The molecule has 126 valence electrons. The summed E-state index contributed by atoms with van der Waals surface area (Å²) in [5, 5.41) is 3.50. The van der Waals surface area contributed by atoms with Gasteiger partial charge in [0.1, 0.15) is 0 Å². The second-order valence-corrected chi connectivity index (χ2v) is 6.09. The lowest BCUT2D eigenvalue weighted by atomic mass is 10.1. The molecular weight excluding hydrogens is 326 g/mol. The molecule has 0 bridgehead atoms. The van der Waals surface area contributed by atoms with E-state index in [9.17, 15) is 9.59 Å². The van der Waals surface area contributed by atoms with Crippen molar-refractivity contribution in [1.82, 2.24) is 4.90 Å². The Balaban J connectivity index is 1.96. The number of primary amides is 1. The smallest absolute Gasteiger partial charge is 0.248 e. The molecule has 0 fully saturated rings. The first-order valence-corrected chi connectivity index (χ1v) is 7.90. The molecule has 6 heteroatoms. The van der Waals surface area contributed by atoms with Gasteiger partial charge < -0.3 is 11.1 Å². The van der Waals surface area contributed by atoms with Crippen molar-refractivity contribution in [1.29, 1.82) is 0 Å². The Morgan fingerprint density at radius 1 is 1.21 bits per heavy atom. The molecule has 0 spiro atoms. The summed E-state index contributed by atoms with van der Waals surface area (Å²) in [6.07, 6.45) is 0. The van der Waals surface area contributed by atoms with Crippen LogP contribution in [-0.4, -0.2) is 29.8 Å².